The Morgan fingerprint density at radius 1 is 1.10 bits per heavy atom. The van der Waals surface area contributed by atoms with Gasteiger partial charge < -0.3 is 9.84 Å². The number of ether oxygens (including phenoxy) is 1. The number of allylic oxidation sites excluding steroid dienone is 1. The average molecular weight is 404 g/mol. The zero-order valence-electron chi connectivity index (χ0n) is 16.9. The highest BCUT2D eigenvalue weighted by molar-refractivity contribution is 6.26. The third-order valence-electron chi connectivity index (χ3n) is 6.84. The quantitative estimate of drug-likeness (QED) is 0.767. The topological polar surface area (TPSA) is 83.2 Å². The van der Waals surface area contributed by atoms with Crippen molar-refractivity contribution in [1.29, 1.82) is 5.26 Å². The van der Waals surface area contributed by atoms with Gasteiger partial charge in [-0.25, -0.2) is 4.98 Å². The van der Waals surface area contributed by atoms with Crippen LogP contribution in [0.1, 0.15) is 33.7 Å². The van der Waals surface area contributed by atoms with Crippen molar-refractivity contribution in [2.24, 2.45) is 17.8 Å². The Bertz CT molecular complexity index is 1130. The lowest BCUT2D eigenvalue weighted by molar-refractivity contribution is -0.119. The molecule has 2 bridgehead atoms. The minimum Gasteiger partial charge on any atom is -0.511 e. The van der Waals surface area contributed by atoms with Crippen LogP contribution in [0.5, 0.6) is 0 Å². The fraction of sp³-hybridized carbons (Fsp3) is 0.375. The number of aryl methyl sites for hydroxylation is 3. The van der Waals surface area contributed by atoms with Crippen LogP contribution in [0.2, 0.25) is 0 Å². The molecule has 2 aromatic rings. The van der Waals surface area contributed by atoms with E-state index < -0.39 is 35.9 Å². The second kappa shape index (κ2) is 6.48. The molecule has 1 N–H and O–H groups in total. The Morgan fingerprint density at radius 2 is 1.80 bits per heavy atom. The first-order chi connectivity index (χ1) is 14.3. The number of ketones is 1. The van der Waals surface area contributed by atoms with Crippen molar-refractivity contribution in [3.63, 3.8) is 0 Å². The molecule has 1 aromatic heterocycles. The fourth-order valence-electron chi connectivity index (χ4n) is 5.84. The highest BCUT2D eigenvalue weighted by atomic mass is 19.1. The summed E-state index contributed by atoms with van der Waals surface area (Å²) >= 11 is 0. The Labute approximate surface area is 173 Å². The van der Waals surface area contributed by atoms with E-state index in [1.54, 1.807) is 6.07 Å². The zero-order chi connectivity index (χ0) is 21.3. The van der Waals surface area contributed by atoms with Crippen LogP contribution in [0.4, 0.5) is 4.39 Å². The van der Waals surface area contributed by atoms with Gasteiger partial charge in [0.2, 0.25) is 5.95 Å². The number of hydrogen-bond donors (Lipinski definition) is 1. The highest BCUT2D eigenvalue weighted by Gasteiger charge is 2.66. The maximum absolute atomic E-state index is 13.5. The first-order valence-electron chi connectivity index (χ1n) is 10.1. The molecule has 5 nitrogen and oxygen atoms in total. The summed E-state index contributed by atoms with van der Waals surface area (Å²) in [7, 11) is 0. The molecule has 0 spiro atoms. The Morgan fingerprint density at radius 3 is 2.40 bits per heavy atom. The van der Waals surface area contributed by atoms with Crippen molar-refractivity contribution < 1.29 is 19.0 Å². The van der Waals surface area contributed by atoms with Gasteiger partial charge in [0.15, 0.2) is 5.78 Å². The van der Waals surface area contributed by atoms with Crippen LogP contribution in [-0.2, 0) is 9.53 Å². The molecule has 0 unspecified atom stereocenters. The van der Waals surface area contributed by atoms with E-state index in [2.05, 4.69) is 11.1 Å². The van der Waals surface area contributed by atoms with Crippen molar-refractivity contribution in [2.75, 3.05) is 0 Å². The van der Waals surface area contributed by atoms with Gasteiger partial charge in [-0.2, -0.15) is 9.65 Å². The summed E-state index contributed by atoms with van der Waals surface area (Å²) in [6, 6.07) is 9.15. The minimum absolute atomic E-state index is 0.0454. The molecule has 1 aliphatic carbocycles. The number of halogens is 1. The lowest BCUT2D eigenvalue weighted by atomic mass is 9.67. The van der Waals surface area contributed by atoms with Crippen molar-refractivity contribution in [2.45, 2.75) is 38.9 Å². The van der Waals surface area contributed by atoms with E-state index >= 15 is 0 Å². The highest BCUT2D eigenvalue weighted by Crippen LogP contribution is 2.60. The van der Waals surface area contributed by atoms with E-state index in [0.717, 1.165) is 22.3 Å². The van der Waals surface area contributed by atoms with Crippen LogP contribution in [0.25, 0.3) is 5.57 Å². The number of aromatic nitrogens is 1. The van der Waals surface area contributed by atoms with E-state index in [9.17, 15) is 19.6 Å². The average Bonchev–Trinajstić information content (AvgIpc) is 3.33. The summed E-state index contributed by atoms with van der Waals surface area (Å²) in [5, 5.41) is 21.0. The molecular formula is C24H21FN2O3. The van der Waals surface area contributed by atoms with Gasteiger partial charge in [0.1, 0.15) is 5.76 Å². The lowest BCUT2D eigenvalue weighted by Crippen LogP contribution is -2.39. The van der Waals surface area contributed by atoms with Gasteiger partial charge in [-0.3, -0.25) is 4.79 Å². The number of Topliss-reactive ketones (excluding diaryl/α,β-unsaturated/α-hetero) is 1. The molecule has 3 aliphatic rings. The summed E-state index contributed by atoms with van der Waals surface area (Å²) in [5.74, 6) is -2.71. The monoisotopic (exact) mass is 404 g/mol. The molecule has 2 aliphatic heterocycles. The number of fused-ring (bicyclic) bond motifs is 5. The van der Waals surface area contributed by atoms with Crippen LogP contribution in [0, 0.1) is 55.8 Å². The van der Waals surface area contributed by atoms with Crippen LogP contribution < -0.4 is 0 Å². The molecule has 0 amide bonds. The lowest BCUT2D eigenvalue weighted by Gasteiger charge is -2.30. The molecule has 0 saturated carbocycles. The van der Waals surface area contributed by atoms with Gasteiger partial charge in [-0.05, 0) is 49.1 Å². The number of benzene rings is 1. The number of aliphatic hydroxyl groups is 1. The number of carbonyl (C=O) groups is 1. The van der Waals surface area contributed by atoms with Crippen molar-refractivity contribution >= 4 is 11.4 Å². The number of nitrogens with zero attached hydrogens (tertiary/aromatic N) is 2. The minimum atomic E-state index is -0.599. The van der Waals surface area contributed by atoms with Gasteiger partial charge in [0, 0.05) is 12.1 Å². The summed E-state index contributed by atoms with van der Waals surface area (Å²) in [4.78, 5) is 17.2. The van der Waals surface area contributed by atoms with Crippen molar-refractivity contribution in [1.82, 2.24) is 4.98 Å². The van der Waals surface area contributed by atoms with Crippen LogP contribution >= 0.6 is 0 Å². The SMILES string of the molecule is Cc1cc(C)c(C2=C(O)[C@@H]3[C@@H]4O[C@@H]([C@@H](C#N)[C@H]4c4ccc(F)nc4)[C@@H]3C2=O)c(C)c1. The first-order valence-corrected chi connectivity index (χ1v) is 10.1. The van der Waals surface area contributed by atoms with Crippen LogP contribution in [0.15, 0.2) is 36.2 Å². The number of carbonyl (C=O) groups excluding carboxylic acids is 1. The maximum Gasteiger partial charge on any atom is 0.212 e. The molecule has 3 heterocycles. The molecule has 1 aromatic carbocycles. The molecule has 0 radical (unpaired) electrons. The Hall–Kier alpha value is -3.04. The molecular weight excluding hydrogens is 383 g/mol. The number of rotatable bonds is 2. The van der Waals surface area contributed by atoms with Crippen molar-refractivity contribution in [3.05, 3.63) is 70.0 Å². The molecule has 6 atom stereocenters. The second-order valence-electron chi connectivity index (χ2n) is 8.61. The molecule has 6 heteroatoms. The van der Waals surface area contributed by atoms with E-state index in [1.165, 1.54) is 12.3 Å². The van der Waals surface area contributed by atoms with Gasteiger partial charge in [0.05, 0.1) is 41.6 Å². The Balaban J connectivity index is 1.62. The third-order valence-corrected chi connectivity index (χ3v) is 6.84. The fourth-order valence-corrected chi connectivity index (χ4v) is 5.84. The molecule has 2 fully saturated rings. The zero-order valence-corrected chi connectivity index (χ0v) is 16.9. The summed E-state index contributed by atoms with van der Waals surface area (Å²) in [5.41, 5.74) is 4.78. The predicted molar refractivity (Wildman–Crippen MR) is 107 cm³/mol. The first kappa shape index (κ1) is 19.0. The molecule has 2 saturated heterocycles. The van der Waals surface area contributed by atoms with Gasteiger partial charge in [-0.1, -0.05) is 23.8 Å². The summed E-state index contributed by atoms with van der Waals surface area (Å²) in [6.45, 7) is 5.87. The molecule has 5 rings (SSSR count). The number of hydrogen-bond acceptors (Lipinski definition) is 5. The molecule has 152 valence electrons. The normalized spacial score (nSPS) is 31.9. The van der Waals surface area contributed by atoms with E-state index in [0.29, 0.717) is 11.1 Å². The summed E-state index contributed by atoms with van der Waals surface area (Å²) < 4.78 is 19.4. The van der Waals surface area contributed by atoms with Crippen LogP contribution in [0.3, 0.4) is 0 Å². The van der Waals surface area contributed by atoms with Crippen LogP contribution in [-0.4, -0.2) is 28.1 Å². The van der Waals surface area contributed by atoms with E-state index in [-0.39, 0.29) is 17.5 Å². The van der Waals surface area contributed by atoms with Gasteiger partial charge >= 0.3 is 0 Å². The van der Waals surface area contributed by atoms with Gasteiger partial charge in [-0.15, -0.1) is 0 Å². The second-order valence-corrected chi connectivity index (χ2v) is 8.61. The van der Waals surface area contributed by atoms with Gasteiger partial charge in [0.25, 0.3) is 0 Å². The largest absolute Gasteiger partial charge is 0.511 e. The smallest absolute Gasteiger partial charge is 0.212 e. The number of nitriles is 1. The molecule has 30 heavy (non-hydrogen) atoms. The third kappa shape index (κ3) is 2.42. The summed E-state index contributed by atoms with van der Waals surface area (Å²) in [6.07, 6.45) is 0.290. The number of aliphatic hydroxyl groups excluding tert-OH is 1. The van der Waals surface area contributed by atoms with Crippen molar-refractivity contribution in [3.8, 4) is 6.07 Å². The Kier molecular flexibility index (Phi) is 4.09. The predicted octanol–water partition coefficient (Wildman–Crippen LogP) is 3.93. The van der Waals surface area contributed by atoms with E-state index in [1.807, 2.05) is 32.9 Å². The van der Waals surface area contributed by atoms with E-state index in [4.69, 9.17) is 4.74 Å². The maximum atomic E-state index is 13.5. The standard InChI is InChI=1S/C24H21FN2O3/c1-10-6-11(2)16(12(3)7-10)18-21(28)19-20(22(18)29)24-17(14(8-26)23(19)30-24)13-4-5-15(25)27-9-13/h4-7,9,14,17,19-20,23-24,29H,1-3H3/t14-,17+,19-,20+,23-,24+/m0/s1. The number of pyridine rings is 1.